The van der Waals surface area contributed by atoms with Crippen LogP contribution in [-0.4, -0.2) is 41.0 Å². The minimum absolute atomic E-state index is 0.00225. The molecule has 1 aliphatic carbocycles. The van der Waals surface area contributed by atoms with Gasteiger partial charge in [-0.3, -0.25) is 9.59 Å². The summed E-state index contributed by atoms with van der Waals surface area (Å²) in [5.41, 5.74) is -0.908. The zero-order valence-corrected chi connectivity index (χ0v) is 12.1. The number of carbonyl (C=O) groups is 2. The zero-order chi connectivity index (χ0) is 15.7. The van der Waals surface area contributed by atoms with Crippen LogP contribution in [0.25, 0.3) is 0 Å². The van der Waals surface area contributed by atoms with Gasteiger partial charge in [0, 0.05) is 13.0 Å². The van der Waals surface area contributed by atoms with E-state index in [4.69, 9.17) is 0 Å². The van der Waals surface area contributed by atoms with E-state index in [0.717, 1.165) is 12.8 Å². The van der Waals surface area contributed by atoms with E-state index in [1.54, 1.807) is 6.92 Å². The second kappa shape index (κ2) is 5.85. The van der Waals surface area contributed by atoms with Crippen molar-refractivity contribution in [2.75, 3.05) is 6.54 Å². The maximum atomic E-state index is 12.4. The third kappa shape index (κ3) is 3.16. The first-order valence-electron chi connectivity index (χ1n) is 7.49. The van der Waals surface area contributed by atoms with E-state index in [0.29, 0.717) is 19.3 Å². The Kier molecular flexibility index (Phi) is 4.49. The standard InChI is InChI=1S/C14H21F3N2O2/c1-2-10-11(20)19(9-5-8-14(15,16)17)13(12(21)18-10)6-3-4-7-13/h10H,2-9H2,1H3,(H,18,21). The van der Waals surface area contributed by atoms with Crippen molar-refractivity contribution in [1.29, 1.82) is 0 Å². The molecule has 0 aromatic heterocycles. The highest BCUT2D eigenvalue weighted by molar-refractivity contribution is 6.00. The first-order valence-corrected chi connectivity index (χ1v) is 7.49. The topological polar surface area (TPSA) is 49.4 Å². The van der Waals surface area contributed by atoms with Crippen molar-refractivity contribution >= 4 is 11.8 Å². The normalized spacial score (nSPS) is 25.5. The Balaban J connectivity index is 2.14. The van der Waals surface area contributed by atoms with Crippen LogP contribution in [0.4, 0.5) is 13.2 Å². The summed E-state index contributed by atoms with van der Waals surface area (Å²) in [6.45, 7) is 1.78. The molecule has 1 spiro atoms. The van der Waals surface area contributed by atoms with Crippen molar-refractivity contribution in [3.8, 4) is 0 Å². The van der Waals surface area contributed by atoms with Gasteiger partial charge in [0.15, 0.2) is 0 Å². The van der Waals surface area contributed by atoms with Crippen LogP contribution in [0.2, 0.25) is 0 Å². The summed E-state index contributed by atoms with van der Waals surface area (Å²) in [6, 6.07) is -0.602. The average Bonchev–Trinajstić information content (AvgIpc) is 2.87. The summed E-state index contributed by atoms with van der Waals surface area (Å²) < 4.78 is 36.9. The van der Waals surface area contributed by atoms with Crippen molar-refractivity contribution in [1.82, 2.24) is 10.2 Å². The fraction of sp³-hybridized carbons (Fsp3) is 0.857. The lowest BCUT2D eigenvalue weighted by Gasteiger charge is -2.46. The van der Waals surface area contributed by atoms with Crippen LogP contribution in [0.15, 0.2) is 0 Å². The Morgan fingerprint density at radius 3 is 2.43 bits per heavy atom. The Morgan fingerprint density at radius 2 is 1.90 bits per heavy atom. The first-order chi connectivity index (χ1) is 9.80. The molecule has 1 aliphatic heterocycles. The number of piperazine rings is 1. The van der Waals surface area contributed by atoms with Crippen LogP contribution in [0.1, 0.15) is 51.9 Å². The van der Waals surface area contributed by atoms with E-state index >= 15 is 0 Å². The number of halogens is 3. The van der Waals surface area contributed by atoms with Crippen molar-refractivity contribution in [2.45, 2.75) is 69.6 Å². The molecule has 2 amide bonds. The molecule has 1 unspecified atom stereocenters. The summed E-state index contributed by atoms with van der Waals surface area (Å²) in [7, 11) is 0. The van der Waals surface area contributed by atoms with Gasteiger partial charge in [-0.15, -0.1) is 0 Å². The number of alkyl halides is 3. The van der Waals surface area contributed by atoms with E-state index in [9.17, 15) is 22.8 Å². The lowest BCUT2D eigenvalue weighted by Crippen LogP contribution is -2.69. The molecular formula is C14H21F3N2O2. The zero-order valence-electron chi connectivity index (χ0n) is 12.1. The van der Waals surface area contributed by atoms with E-state index in [1.165, 1.54) is 4.90 Å². The summed E-state index contributed by atoms with van der Waals surface area (Å²) in [5, 5.41) is 2.73. The van der Waals surface area contributed by atoms with Gasteiger partial charge in [0.25, 0.3) is 0 Å². The minimum atomic E-state index is -4.23. The minimum Gasteiger partial charge on any atom is -0.342 e. The van der Waals surface area contributed by atoms with Gasteiger partial charge in [0.2, 0.25) is 11.8 Å². The molecule has 4 nitrogen and oxygen atoms in total. The summed E-state index contributed by atoms with van der Waals surface area (Å²) in [5.74, 6) is -0.431. The molecule has 2 rings (SSSR count). The average molecular weight is 306 g/mol. The molecule has 7 heteroatoms. The molecule has 0 aromatic carbocycles. The molecule has 2 aliphatic rings. The Morgan fingerprint density at radius 1 is 1.29 bits per heavy atom. The quantitative estimate of drug-likeness (QED) is 0.867. The molecule has 120 valence electrons. The van der Waals surface area contributed by atoms with Crippen molar-refractivity contribution < 1.29 is 22.8 Å². The fourth-order valence-electron chi connectivity index (χ4n) is 3.37. The highest BCUT2D eigenvalue weighted by Crippen LogP contribution is 2.39. The molecule has 21 heavy (non-hydrogen) atoms. The van der Waals surface area contributed by atoms with Gasteiger partial charge >= 0.3 is 6.18 Å². The highest BCUT2D eigenvalue weighted by Gasteiger charge is 2.53. The smallest absolute Gasteiger partial charge is 0.342 e. The number of hydrogen-bond donors (Lipinski definition) is 1. The molecule has 2 fully saturated rings. The number of nitrogens with zero attached hydrogens (tertiary/aromatic N) is 1. The maximum Gasteiger partial charge on any atom is 0.389 e. The summed E-state index contributed by atoms with van der Waals surface area (Å²) in [6.07, 6.45) is -2.10. The second-order valence-corrected chi connectivity index (χ2v) is 5.88. The molecule has 1 saturated carbocycles. The van der Waals surface area contributed by atoms with Crippen LogP contribution in [-0.2, 0) is 9.59 Å². The molecule has 0 aromatic rings. The molecule has 1 atom stereocenters. The van der Waals surface area contributed by atoms with E-state index in [1.807, 2.05) is 0 Å². The van der Waals surface area contributed by atoms with Crippen LogP contribution >= 0.6 is 0 Å². The van der Waals surface area contributed by atoms with Crippen LogP contribution in [0.3, 0.4) is 0 Å². The SMILES string of the molecule is CCC1NC(=O)C2(CCCC2)N(CCCC(F)(F)F)C1=O. The van der Waals surface area contributed by atoms with Gasteiger partial charge < -0.3 is 10.2 Å². The number of carbonyl (C=O) groups excluding carboxylic acids is 2. The molecule has 1 heterocycles. The largest absolute Gasteiger partial charge is 0.389 e. The van der Waals surface area contributed by atoms with Crippen LogP contribution < -0.4 is 5.32 Å². The fourth-order valence-corrected chi connectivity index (χ4v) is 3.37. The lowest BCUT2D eigenvalue weighted by molar-refractivity contribution is -0.159. The molecule has 0 radical (unpaired) electrons. The highest BCUT2D eigenvalue weighted by atomic mass is 19.4. The van der Waals surface area contributed by atoms with Gasteiger partial charge in [0.1, 0.15) is 11.6 Å². The molecular weight excluding hydrogens is 285 g/mol. The summed E-state index contributed by atoms with van der Waals surface area (Å²) in [4.78, 5) is 26.3. The second-order valence-electron chi connectivity index (χ2n) is 5.88. The Bertz CT molecular complexity index is 417. The van der Waals surface area contributed by atoms with Gasteiger partial charge in [-0.2, -0.15) is 13.2 Å². The third-order valence-corrected chi connectivity index (χ3v) is 4.49. The van der Waals surface area contributed by atoms with E-state index in [2.05, 4.69) is 5.32 Å². The first kappa shape index (κ1) is 16.1. The van der Waals surface area contributed by atoms with Gasteiger partial charge in [-0.25, -0.2) is 0 Å². The number of rotatable bonds is 4. The molecule has 0 bridgehead atoms. The Hall–Kier alpha value is -1.27. The van der Waals surface area contributed by atoms with Crippen molar-refractivity contribution in [3.05, 3.63) is 0 Å². The monoisotopic (exact) mass is 306 g/mol. The van der Waals surface area contributed by atoms with Crippen molar-refractivity contribution in [3.63, 3.8) is 0 Å². The van der Waals surface area contributed by atoms with E-state index in [-0.39, 0.29) is 24.8 Å². The third-order valence-electron chi connectivity index (χ3n) is 4.49. The summed E-state index contributed by atoms with van der Waals surface area (Å²) >= 11 is 0. The van der Waals surface area contributed by atoms with Crippen molar-refractivity contribution in [2.24, 2.45) is 0 Å². The van der Waals surface area contributed by atoms with E-state index < -0.39 is 24.2 Å². The van der Waals surface area contributed by atoms with Crippen LogP contribution in [0.5, 0.6) is 0 Å². The Labute approximate surface area is 122 Å². The predicted octanol–water partition coefficient (Wildman–Crippen LogP) is 2.38. The predicted molar refractivity (Wildman–Crippen MR) is 70.4 cm³/mol. The number of amides is 2. The molecule has 1 N–H and O–H groups in total. The maximum absolute atomic E-state index is 12.4. The van der Waals surface area contributed by atoms with Gasteiger partial charge in [-0.05, 0) is 25.7 Å². The number of hydrogen-bond acceptors (Lipinski definition) is 2. The van der Waals surface area contributed by atoms with Crippen LogP contribution in [0, 0.1) is 0 Å². The lowest BCUT2D eigenvalue weighted by atomic mass is 9.88. The van der Waals surface area contributed by atoms with Gasteiger partial charge in [-0.1, -0.05) is 19.8 Å². The van der Waals surface area contributed by atoms with Gasteiger partial charge in [0.05, 0.1) is 0 Å². The molecule has 1 saturated heterocycles. The number of nitrogens with one attached hydrogen (secondary N) is 1.